The standard InChI is InChI=1S/C42H39N.C14H16/c1-3-4-5-6-7-14-29-39(33-42(43)37-27-19-8-12-21-34(2)22-13-9-20-28-37)41-32-38(35-23-15-10-16-24-35)30-31-40(41)36-25-17-11-18-26-36;1-12(13-8-4-2-5-9-13)14-10-6-3-7-11-14/h3-33H,43H2,1-2H3;2-10,12,14H,11H2,1H3/b4-3+,6-5-,12-8+,13-9?,14-7-,19-8?,20-9+,21-12?,22-13-,27-19-,28-20?,34-21-,34-22?,37-27?,37-28+,39-29+,42-33-;. The second-order valence-corrected chi connectivity index (χ2v) is 13.9. The van der Waals surface area contributed by atoms with Gasteiger partial charge < -0.3 is 5.73 Å². The van der Waals surface area contributed by atoms with Crippen molar-refractivity contribution in [2.45, 2.75) is 33.1 Å². The minimum Gasteiger partial charge on any atom is -0.398 e. The number of rotatable bonds is 10. The largest absolute Gasteiger partial charge is 0.398 e. The normalized spacial score (nSPS) is 20.6. The summed E-state index contributed by atoms with van der Waals surface area (Å²) in [7, 11) is 0. The van der Waals surface area contributed by atoms with E-state index in [0.717, 1.165) is 33.4 Å². The minimum absolute atomic E-state index is 0.623. The molecule has 6 rings (SSSR count). The Kier molecular flexibility index (Phi) is 16.9. The molecule has 2 unspecified atom stereocenters. The van der Waals surface area contributed by atoms with Crippen molar-refractivity contribution < 1.29 is 0 Å². The first-order valence-electron chi connectivity index (χ1n) is 19.9. The van der Waals surface area contributed by atoms with E-state index in [1.807, 2.05) is 98.0 Å². The number of benzene rings is 4. The van der Waals surface area contributed by atoms with Crippen molar-refractivity contribution in [2.24, 2.45) is 11.7 Å². The third-order valence-electron chi connectivity index (χ3n) is 9.78. The first-order valence-corrected chi connectivity index (χ1v) is 19.9. The van der Waals surface area contributed by atoms with Crippen molar-refractivity contribution in [1.82, 2.24) is 0 Å². The van der Waals surface area contributed by atoms with Crippen LogP contribution in [0.2, 0.25) is 0 Å². The summed E-state index contributed by atoms with van der Waals surface area (Å²) in [6.07, 6.45) is 46.9. The molecule has 0 bridgehead atoms. The van der Waals surface area contributed by atoms with E-state index in [1.54, 1.807) is 0 Å². The Morgan fingerprint density at radius 1 is 0.632 bits per heavy atom. The fourth-order valence-corrected chi connectivity index (χ4v) is 6.53. The van der Waals surface area contributed by atoms with Crippen molar-refractivity contribution in [3.63, 3.8) is 0 Å². The van der Waals surface area contributed by atoms with Gasteiger partial charge in [0.05, 0.1) is 0 Å². The molecule has 0 fully saturated rings. The molecule has 0 amide bonds. The Balaban J connectivity index is 0.000000370. The van der Waals surface area contributed by atoms with Gasteiger partial charge in [-0.25, -0.2) is 0 Å². The molecule has 1 heteroatoms. The summed E-state index contributed by atoms with van der Waals surface area (Å²) >= 11 is 0. The van der Waals surface area contributed by atoms with Crippen LogP contribution in [0, 0.1) is 5.92 Å². The third-order valence-corrected chi connectivity index (χ3v) is 9.78. The lowest BCUT2D eigenvalue weighted by Crippen LogP contribution is -2.07. The highest BCUT2D eigenvalue weighted by atomic mass is 14.6. The second kappa shape index (κ2) is 23.3. The second-order valence-electron chi connectivity index (χ2n) is 13.9. The molecule has 2 N–H and O–H groups in total. The van der Waals surface area contributed by atoms with Gasteiger partial charge in [-0.15, -0.1) is 0 Å². The van der Waals surface area contributed by atoms with Crippen LogP contribution in [-0.4, -0.2) is 0 Å². The van der Waals surface area contributed by atoms with Crippen molar-refractivity contribution in [3.05, 3.63) is 271 Å². The molecule has 284 valence electrons. The molecule has 4 aromatic rings. The molecular formula is C56H55N. The molecule has 1 nitrogen and oxygen atoms in total. The van der Waals surface area contributed by atoms with Crippen molar-refractivity contribution in [3.8, 4) is 22.3 Å². The average molecular weight is 742 g/mol. The molecule has 0 radical (unpaired) electrons. The summed E-state index contributed by atoms with van der Waals surface area (Å²) in [5.74, 6) is 1.29. The summed E-state index contributed by atoms with van der Waals surface area (Å²) in [4.78, 5) is 0. The highest BCUT2D eigenvalue weighted by Gasteiger charge is 2.16. The first-order chi connectivity index (χ1) is 28.0. The quantitative estimate of drug-likeness (QED) is 0.161. The average Bonchev–Trinajstić information content (AvgIpc) is 3.26. The van der Waals surface area contributed by atoms with Crippen LogP contribution in [0.1, 0.15) is 44.2 Å². The molecule has 57 heavy (non-hydrogen) atoms. The van der Waals surface area contributed by atoms with E-state index in [-0.39, 0.29) is 0 Å². The van der Waals surface area contributed by atoms with E-state index in [2.05, 4.69) is 166 Å². The van der Waals surface area contributed by atoms with E-state index < -0.39 is 0 Å². The summed E-state index contributed by atoms with van der Waals surface area (Å²) in [5, 5.41) is 0. The SMILES string of the molecule is CC(c1ccccc1)C1C=CC=CC1.C\C=C\C=C/C=C\C=C(/C=C(N)/C1=C/C=C/C=C\C(C)=C/C=C/C=C\1)c1cc(-c2ccccc2)ccc1-c1ccccc1. The van der Waals surface area contributed by atoms with Crippen LogP contribution in [0.15, 0.2) is 260 Å². The Morgan fingerprint density at radius 2 is 1.28 bits per heavy atom. The van der Waals surface area contributed by atoms with Crippen LogP contribution in [0.5, 0.6) is 0 Å². The van der Waals surface area contributed by atoms with Gasteiger partial charge in [0.2, 0.25) is 0 Å². The minimum atomic E-state index is 0.623. The van der Waals surface area contributed by atoms with E-state index in [4.69, 9.17) is 5.73 Å². The van der Waals surface area contributed by atoms with Gasteiger partial charge in [-0.05, 0) is 88.8 Å². The van der Waals surface area contributed by atoms with E-state index in [9.17, 15) is 0 Å². The van der Waals surface area contributed by atoms with E-state index >= 15 is 0 Å². The predicted octanol–water partition coefficient (Wildman–Crippen LogP) is 15.0. The van der Waals surface area contributed by atoms with Crippen LogP contribution >= 0.6 is 0 Å². The maximum atomic E-state index is 6.86. The molecule has 0 aromatic heterocycles. The van der Waals surface area contributed by atoms with Gasteiger partial charge in [0.1, 0.15) is 0 Å². The predicted molar refractivity (Wildman–Crippen MR) is 250 cm³/mol. The summed E-state index contributed by atoms with van der Waals surface area (Å²) in [6, 6.07) is 38.4. The molecule has 2 aliphatic rings. The Bertz CT molecular complexity index is 2270. The smallest absolute Gasteiger partial charge is 0.0393 e. The van der Waals surface area contributed by atoms with E-state index in [1.165, 1.54) is 23.1 Å². The van der Waals surface area contributed by atoms with Gasteiger partial charge in [0, 0.05) is 5.70 Å². The lowest BCUT2D eigenvalue weighted by atomic mass is 9.84. The monoisotopic (exact) mass is 741 g/mol. The van der Waals surface area contributed by atoms with Crippen LogP contribution in [0.25, 0.3) is 27.8 Å². The highest BCUT2D eigenvalue weighted by Crippen LogP contribution is 2.35. The summed E-state index contributed by atoms with van der Waals surface area (Å²) < 4.78 is 0. The Labute approximate surface area is 342 Å². The zero-order valence-electron chi connectivity index (χ0n) is 33.5. The molecular weight excluding hydrogens is 687 g/mol. The van der Waals surface area contributed by atoms with Crippen LogP contribution < -0.4 is 5.73 Å². The molecule has 0 saturated carbocycles. The zero-order valence-corrected chi connectivity index (χ0v) is 33.5. The maximum Gasteiger partial charge on any atom is 0.0393 e. The lowest BCUT2D eigenvalue weighted by molar-refractivity contribution is 0.544. The Hall–Kier alpha value is -6.70. The van der Waals surface area contributed by atoms with Gasteiger partial charge in [0.15, 0.2) is 0 Å². The van der Waals surface area contributed by atoms with Gasteiger partial charge in [-0.3, -0.25) is 0 Å². The molecule has 0 heterocycles. The van der Waals surface area contributed by atoms with Crippen LogP contribution in [0.3, 0.4) is 0 Å². The van der Waals surface area contributed by atoms with Gasteiger partial charge in [-0.2, -0.15) is 0 Å². The molecule has 0 aliphatic heterocycles. The van der Waals surface area contributed by atoms with Gasteiger partial charge >= 0.3 is 0 Å². The number of allylic oxidation sites excluding steroid dienone is 24. The van der Waals surface area contributed by atoms with E-state index in [0.29, 0.717) is 17.5 Å². The number of nitrogens with two attached hydrogens (primary N) is 1. The fourth-order valence-electron chi connectivity index (χ4n) is 6.53. The van der Waals surface area contributed by atoms with Gasteiger partial charge in [-0.1, -0.05) is 243 Å². The van der Waals surface area contributed by atoms with Crippen molar-refractivity contribution >= 4 is 5.57 Å². The first kappa shape index (κ1) is 41.5. The van der Waals surface area contributed by atoms with Crippen LogP contribution in [0.4, 0.5) is 0 Å². The van der Waals surface area contributed by atoms with Crippen molar-refractivity contribution in [2.75, 3.05) is 0 Å². The number of hydrogen-bond donors (Lipinski definition) is 1. The van der Waals surface area contributed by atoms with Crippen molar-refractivity contribution in [1.29, 1.82) is 0 Å². The Morgan fingerprint density at radius 3 is 1.98 bits per heavy atom. The topological polar surface area (TPSA) is 26.0 Å². The summed E-state index contributed by atoms with van der Waals surface area (Å²) in [6.45, 7) is 6.40. The fraction of sp³-hybridized carbons (Fsp3) is 0.107. The lowest BCUT2D eigenvalue weighted by Gasteiger charge is -2.21. The zero-order chi connectivity index (χ0) is 39.9. The molecule has 2 aliphatic carbocycles. The summed E-state index contributed by atoms with van der Waals surface area (Å²) in [5.41, 5.74) is 17.8. The maximum absolute atomic E-state index is 6.86. The molecule has 4 aromatic carbocycles. The molecule has 2 atom stereocenters. The van der Waals surface area contributed by atoms with Crippen LogP contribution in [-0.2, 0) is 0 Å². The van der Waals surface area contributed by atoms with Gasteiger partial charge in [0.25, 0.3) is 0 Å². The number of hydrogen-bond acceptors (Lipinski definition) is 1. The third kappa shape index (κ3) is 13.5. The molecule has 0 saturated heterocycles. The highest BCUT2D eigenvalue weighted by molar-refractivity contribution is 5.89. The molecule has 0 spiro atoms.